The van der Waals surface area contributed by atoms with Crippen LogP contribution in [-0.4, -0.2) is 24.3 Å². The molecule has 0 radical (unpaired) electrons. The maximum atomic E-state index is 10.7. The van der Waals surface area contributed by atoms with Gasteiger partial charge in [-0.2, -0.15) is 0 Å². The summed E-state index contributed by atoms with van der Waals surface area (Å²) in [5, 5.41) is 8.77. The first-order chi connectivity index (χ1) is 8.74. The van der Waals surface area contributed by atoms with Crippen molar-refractivity contribution in [1.82, 2.24) is 0 Å². The molecular formula is C15H22O3. The summed E-state index contributed by atoms with van der Waals surface area (Å²) >= 11 is 0. The Bertz CT molecular complexity index is 343. The Morgan fingerprint density at radius 1 is 1.11 bits per heavy atom. The molecule has 0 saturated heterocycles. The van der Waals surface area contributed by atoms with E-state index in [0.29, 0.717) is 12.2 Å². The van der Waals surface area contributed by atoms with Crippen LogP contribution in [-0.2, 0) is 11.2 Å². The van der Waals surface area contributed by atoms with Crippen molar-refractivity contribution in [2.24, 2.45) is 0 Å². The highest BCUT2D eigenvalue weighted by atomic mass is 16.5. The van der Waals surface area contributed by atoms with Gasteiger partial charge in [-0.1, -0.05) is 38.3 Å². The second-order valence-corrected chi connectivity index (χ2v) is 4.43. The predicted molar refractivity (Wildman–Crippen MR) is 72.1 cm³/mol. The van der Waals surface area contributed by atoms with Crippen LogP contribution < -0.4 is 0 Å². The number of benzene rings is 1. The van der Waals surface area contributed by atoms with E-state index in [4.69, 9.17) is 9.84 Å². The summed E-state index contributed by atoms with van der Waals surface area (Å²) in [7, 11) is 0. The molecule has 100 valence electrons. The molecule has 0 saturated carbocycles. The third-order valence-corrected chi connectivity index (χ3v) is 2.88. The zero-order chi connectivity index (χ0) is 13.2. The van der Waals surface area contributed by atoms with Crippen LogP contribution in [0.15, 0.2) is 24.3 Å². The van der Waals surface area contributed by atoms with Crippen molar-refractivity contribution in [3.05, 3.63) is 35.4 Å². The van der Waals surface area contributed by atoms with Gasteiger partial charge in [0, 0.05) is 6.61 Å². The van der Waals surface area contributed by atoms with E-state index in [1.807, 2.05) is 12.1 Å². The lowest BCUT2D eigenvalue weighted by molar-refractivity contribution is 0.0697. The van der Waals surface area contributed by atoms with E-state index in [2.05, 4.69) is 6.92 Å². The molecular weight excluding hydrogens is 228 g/mol. The smallest absolute Gasteiger partial charge is 0.335 e. The second kappa shape index (κ2) is 8.70. The van der Waals surface area contributed by atoms with Crippen molar-refractivity contribution < 1.29 is 14.6 Å². The summed E-state index contributed by atoms with van der Waals surface area (Å²) in [6.07, 6.45) is 5.74. The molecule has 1 N–H and O–H groups in total. The molecule has 1 aromatic rings. The minimum Gasteiger partial charge on any atom is -0.478 e. The Balaban J connectivity index is 2.14. The van der Waals surface area contributed by atoms with E-state index in [-0.39, 0.29) is 0 Å². The molecule has 0 aliphatic rings. The van der Waals surface area contributed by atoms with E-state index in [9.17, 15) is 4.79 Å². The molecule has 0 atom stereocenters. The van der Waals surface area contributed by atoms with Gasteiger partial charge in [-0.05, 0) is 30.5 Å². The largest absolute Gasteiger partial charge is 0.478 e. The maximum Gasteiger partial charge on any atom is 0.335 e. The fourth-order valence-electron chi connectivity index (χ4n) is 1.74. The highest BCUT2D eigenvalue weighted by Crippen LogP contribution is 2.06. The van der Waals surface area contributed by atoms with Crippen LogP contribution in [0.2, 0.25) is 0 Å². The second-order valence-electron chi connectivity index (χ2n) is 4.43. The fourth-order valence-corrected chi connectivity index (χ4v) is 1.74. The zero-order valence-corrected chi connectivity index (χ0v) is 11.0. The summed E-state index contributed by atoms with van der Waals surface area (Å²) in [5.74, 6) is -0.881. The van der Waals surface area contributed by atoms with Gasteiger partial charge in [0.25, 0.3) is 0 Å². The number of rotatable bonds is 9. The topological polar surface area (TPSA) is 46.5 Å². The third kappa shape index (κ3) is 5.82. The summed E-state index contributed by atoms with van der Waals surface area (Å²) in [6, 6.07) is 6.98. The quantitative estimate of drug-likeness (QED) is 0.682. The number of hydrogen-bond donors (Lipinski definition) is 1. The minimum atomic E-state index is -0.881. The van der Waals surface area contributed by atoms with Crippen LogP contribution in [0.3, 0.4) is 0 Å². The molecule has 0 aliphatic heterocycles. The van der Waals surface area contributed by atoms with Gasteiger partial charge in [-0.15, -0.1) is 0 Å². The lowest BCUT2D eigenvalue weighted by Gasteiger charge is -2.04. The number of aromatic carboxylic acids is 1. The summed E-state index contributed by atoms with van der Waals surface area (Å²) < 4.78 is 5.55. The number of carboxylic acid groups (broad SMARTS) is 1. The van der Waals surface area contributed by atoms with Crippen molar-refractivity contribution >= 4 is 5.97 Å². The van der Waals surface area contributed by atoms with E-state index in [1.54, 1.807) is 12.1 Å². The average Bonchev–Trinajstić information content (AvgIpc) is 2.38. The fraction of sp³-hybridized carbons (Fsp3) is 0.533. The number of unbranched alkanes of at least 4 members (excludes halogenated alkanes) is 3. The Labute approximate surface area is 109 Å². The van der Waals surface area contributed by atoms with Gasteiger partial charge in [0.2, 0.25) is 0 Å². The predicted octanol–water partition coefficient (Wildman–Crippen LogP) is 3.52. The first kappa shape index (κ1) is 14.7. The van der Waals surface area contributed by atoms with Crippen LogP contribution in [0.4, 0.5) is 0 Å². The lowest BCUT2D eigenvalue weighted by atomic mass is 10.1. The Kier molecular flexibility index (Phi) is 7.11. The van der Waals surface area contributed by atoms with Crippen LogP contribution in [0, 0.1) is 0 Å². The van der Waals surface area contributed by atoms with E-state index >= 15 is 0 Å². The minimum absolute atomic E-state index is 0.333. The van der Waals surface area contributed by atoms with Gasteiger partial charge in [0.15, 0.2) is 0 Å². The molecule has 0 amide bonds. The molecule has 1 rings (SSSR count). The first-order valence-corrected chi connectivity index (χ1v) is 6.64. The highest BCUT2D eigenvalue weighted by molar-refractivity contribution is 5.87. The average molecular weight is 250 g/mol. The summed E-state index contributed by atoms with van der Waals surface area (Å²) in [5.41, 5.74) is 1.45. The molecule has 0 aromatic heterocycles. The summed E-state index contributed by atoms with van der Waals surface area (Å²) in [6.45, 7) is 3.73. The number of carbonyl (C=O) groups is 1. The molecule has 3 heteroatoms. The SMILES string of the molecule is CCCCCCOCCc1ccc(C(=O)O)cc1. The van der Waals surface area contributed by atoms with E-state index in [1.165, 1.54) is 19.3 Å². The molecule has 18 heavy (non-hydrogen) atoms. The van der Waals surface area contributed by atoms with Gasteiger partial charge in [0.05, 0.1) is 12.2 Å². The lowest BCUT2D eigenvalue weighted by Crippen LogP contribution is -2.01. The zero-order valence-electron chi connectivity index (χ0n) is 11.0. The van der Waals surface area contributed by atoms with Crippen LogP contribution in [0.5, 0.6) is 0 Å². The molecule has 0 fully saturated rings. The molecule has 1 aromatic carbocycles. The molecule has 0 aliphatic carbocycles. The highest BCUT2D eigenvalue weighted by Gasteiger charge is 2.01. The Hall–Kier alpha value is -1.35. The monoisotopic (exact) mass is 250 g/mol. The third-order valence-electron chi connectivity index (χ3n) is 2.88. The number of hydrogen-bond acceptors (Lipinski definition) is 2. The van der Waals surface area contributed by atoms with Gasteiger partial charge in [-0.3, -0.25) is 0 Å². The Morgan fingerprint density at radius 2 is 1.83 bits per heavy atom. The van der Waals surface area contributed by atoms with Crippen molar-refractivity contribution in [3.8, 4) is 0 Å². The first-order valence-electron chi connectivity index (χ1n) is 6.64. The molecule has 0 bridgehead atoms. The standard InChI is InChI=1S/C15H22O3/c1-2-3-4-5-11-18-12-10-13-6-8-14(9-7-13)15(16)17/h6-9H,2-5,10-12H2,1H3,(H,16,17). The summed E-state index contributed by atoms with van der Waals surface area (Å²) in [4.78, 5) is 10.7. The Morgan fingerprint density at radius 3 is 2.44 bits per heavy atom. The van der Waals surface area contributed by atoms with E-state index in [0.717, 1.165) is 25.0 Å². The number of carboxylic acids is 1. The van der Waals surface area contributed by atoms with Crippen molar-refractivity contribution in [1.29, 1.82) is 0 Å². The molecule has 0 spiro atoms. The van der Waals surface area contributed by atoms with Crippen molar-refractivity contribution in [2.75, 3.05) is 13.2 Å². The number of ether oxygens (including phenoxy) is 1. The van der Waals surface area contributed by atoms with Crippen LogP contribution in [0.1, 0.15) is 48.5 Å². The molecule has 0 heterocycles. The van der Waals surface area contributed by atoms with E-state index < -0.39 is 5.97 Å². The molecule has 0 unspecified atom stereocenters. The van der Waals surface area contributed by atoms with Gasteiger partial charge in [0.1, 0.15) is 0 Å². The van der Waals surface area contributed by atoms with Crippen LogP contribution >= 0.6 is 0 Å². The molecule has 3 nitrogen and oxygen atoms in total. The van der Waals surface area contributed by atoms with Crippen molar-refractivity contribution in [2.45, 2.75) is 39.0 Å². The maximum absolute atomic E-state index is 10.7. The normalized spacial score (nSPS) is 10.5. The van der Waals surface area contributed by atoms with Gasteiger partial charge in [-0.25, -0.2) is 4.79 Å². The van der Waals surface area contributed by atoms with Crippen LogP contribution in [0.25, 0.3) is 0 Å². The van der Waals surface area contributed by atoms with Gasteiger partial charge < -0.3 is 9.84 Å². The van der Waals surface area contributed by atoms with Crippen molar-refractivity contribution in [3.63, 3.8) is 0 Å². The van der Waals surface area contributed by atoms with Gasteiger partial charge >= 0.3 is 5.97 Å².